The number of carboxylic acid groups (broad SMARTS) is 1. The largest absolute Gasteiger partial charge is 0.478 e. The smallest absolute Gasteiger partial charge is 0.340 e. The minimum atomic E-state index is -0.940. The Morgan fingerprint density at radius 3 is 2.72 bits per heavy atom. The van der Waals surface area contributed by atoms with Gasteiger partial charge >= 0.3 is 5.97 Å². The molecular weight excluding hydrogens is 228 g/mol. The van der Waals surface area contributed by atoms with Gasteiger partial charge in [-0.3, -0.25) is 0 Å². The Kier molecular flexibility index (Phi) is 2.13. The second-order valence-electron chi connectivity index (χ2n) is 4.40. The first-order valence-corrected chi connectivity index (χ1v) is 5.70. The Labute approximate surface area is 104 Å². The van der Waals surface area contributed by atoms with Gasteiger partial charge < -0.3 is 9.51 Å². The van der Waals surface area contributed by atoms with Crippen LogP contribution in [0.3, 0.4) is 0 Å². The minimum Gasteiger partial charge on any atom is -0.478 e. The zero-order valence-corrected chi connectivity index (χ0v) is 10.1. The highest BCUT2D eigenvalue weighted by Gasteiger charge is 2.18. The number of carbonyl (C=O) groups is 1. The number of benzene rings is 1. The Morgan fingerprint density at radius 1 is 1.28 bits per heavy atom. The average Bonchev–Trinajstić information content (AvgIpc) is 2.64. The number of aromatic nitrogens is 2. The topological polar surface area (TPSA) is 54.6 Å². The molecule has 3 rings (SSSR count). The summed E-state index contributed by atoms with van der Waals surface area (Å²) in [5.74, 6) is -0.940. The molecule has 0 bridgehead atoms. The lowest BCUT2D eigenvalue weighted by atomic mass is 10.2. The van der Waals surface area contributed by atoms with Crippen molar-refractivity contribution in [1.29, 1.82) is 0 Å². The van der Waals surface area contributed by atoms with Crippen LogP contribution >= 0.6 is 0 Å². The number of para-hydroxylation sites is 1. The van der Waals surface area contributed by atoms with Crippen LogP contribution in [0.5, 0.6) is 0 Å². The maximum atomic E-state index is 11.4. The van der Waals surface area contributed by atoms with Gasteiger partial charge in [0.1, 0.15) is 5.56 Å². The molecule has 1 N–H and O–H groups in total. The van der Waals surface area contributed by atoms with Crippen molar-refractivity contribution in [3.05, 3.63) is 47.3 Å². The highest BCUT2D eigenvalue weighted by Crippen LogP contribution is 2.26. The summed E-state index contributed by atoms with van der Waals surface area (Å²) in [6.07, 6.45) is 1.94. The fourth-order valence-electron chi connectivity index (χ4n) is 2.24. The number of rotatable bonds is 1. The van der Waals surface area contributed by atoms with E-state index in [0.717, 1.165) is 22.2 Å². The quantitative estimate of drug-likeness (QED) is 0.711. The maximum absolute atomic E-state index is 11.4. The molecule has 3 aromatic rings. The monoisotopic (exact) mass is 240 g/mol. The molecule has 2 aromatic heterocycles. The minimum absolute atomic E-state index is 0.272. The van der Waals surface area contributed by atoms with Crippen molar-refractivity contribution in [2.75, 3.05) is 0 Å². The lowest BCUT2D eigenvalue weighted by molar-refractivity contribution is 0.0701. The van der Waals surface area contributed by atoms with Crippen LogP contribution in [0.1, 0.15) is 21.6 Å². The Balaban J connectivity index is 2.62. The molecule has 0 saturated carbocycles. The molecule has 0 saturated heterocycles. The zero-order valence-electron chi connectivity index (χ0n) is 10.1. The Morgan fingerprint density at radius 2 is 2.00 bits per heavy atom. The number of hydrogen-bond donors (Lipinski definition) is 1. The number of hydrogen-bond acceptors (Lipinski definition) is 2. The molecule has 2 heterocycles. The highest BCUT2D eigenvalue weighted by molar-refractivity contribution is 6.10. The van der Waals surface area contributed by atoms with Crippen LogP contribution in [0.15, 0.2) is 30.5 Å². The fraction of sp³-hybridized carbons (Fsp3) is 0.143. The number of aromatic carboxylic acids is 1. The van der Waals surface area contributed by atoms with Gasteiger partial charge in [-0.05, 0) is 25.5 Å². The lowest BCUT2D eigenvalue weighted by Crippen LogP contribution is -2.00. The summed E-state index contributed by atoms with van der Waals surface area (Å²) >= 11 is 0. The summed E-state index contributed by atoms with van der Waals surface area (Å²) in [7, 11) is 0. The fourth-order valence-corrected chi connectivity index (χ4v) is 2.24. The van der Waals surface area contributed by atoms with Crippen molar-refractivity contribution < 1.29 is 9.90 Å². The van der Waals surface area contributed by atoms with Crippen molar-refractivity contribution in [1.82, 2.24) is 9.38 Å². The molecule has 0 aliphatic rings. The molecule has 0 amide bonds. The summed E-state index contributed by atoms with van der Waals surface area (Å²) in [6, 6.07) is 7.47. The Hall–Kier alpha value is -2.36. The van der Waals surface area contributed by atoms with Crippen LogP contribution in [0.4, 0.5) is 0 Å². The second-order valence-corrected chi connectivity index (χ2v) is 4.40. The molecule has 0 atom stereocenters. The molecule has 0 unspecified atom stereocenters. The summed E-state index contributed by atoms with van der Waals surface area (Å²) in [5, 5.41) is 10.1. The lowest BCUT2D eigenvalue weighted by Gasteiger charge is -2.02. The molecule has 4 nitrogen and oxygen atoms in total. The van der Waals surface area contributed by atoms with Gasteiger partial charge in [0.2, 0.25) is 0 Å². The second kappa shape index (κ2) is 3.57. The van der Waals surface area contributed by atoms with Crippen LogP contribution in [-0.2, 0) is 0 Å². The third-order valence-corrected chi connectivity index (χ3v) is 3.27. The van der Waals surface area contributed by atoms with Gasteiger partial charge in [-0.25, -0.2) is 9.78 Å². The first-order valence-electron chi connectivity index (χ1n) is 5.70. The van der Waals surface area contributed by atoms with Crippen LogP contribution in [0.25, 0.3) is 16.6 Å². The van der Waals surface area contributed by atoms with E-state index in [1.54, 1.807) is 0 Å². The van der Waals surface area contributed by atoms with Gasteiger partial charge in [-0.1, -0.05) is 18.2 Å². The van der Waals surface area contributed by atoms with Crippen molar-refractivity contribution in [2.45, 2.75) is 13.8 Å². The summed E-state index contributed by atoms with van der Waals surface area (Å²) in [6.45, 7) is 3.86. The molecular formula is C14H12N2O2. The van der Waals surface area contributed by atoms with E-state index < -0.39 is 5.97 Å². The molecule has 18 heavy (non-hydrogen) atoms. The average molecular weight is 240 g/mol. The van der Waals surface area contributed by atoms with E-state index in [0.29, 0.717) is 5.65 Å². The zero-order chi connectivity index (χ0) is 12.9. The molecule has 90 valence electrons. The van der Waals surface area contributed by atoms with Crippen LogP contribution in [0.2, 0.25) is 0 Å². The van der Waals surface area contributed by atoms with E-state index in [1.807, 2.05) is 48.7 Å². The first-order chi connectivity index (χ1) is 8.59. The normalized spacial score (nSPS) is 11.2. The molecule has 0 aliphatic heterocycles. The number of aryl methyl sites for hydroxylation is 2. The predicted molar refractivity (Wildman–Crippen MR) is 69.1 cm³/mol. The molecule has 0 aliphatic carbocycles. The van der Waals surface area contributed by atoms with Crippen LogP contribution in [0, 0.1) is 13.8 Å². The molecule has 0 spiro atoms. The van der Waals surface area contributed by atoms with Gasteiger partial charge in [-0.15, -0.1) is 0 Å². The van der Waals surface area contributed by atoms with Gasteiger partial charge in [0.25, 0.3) is 0 Å². The summed E-state index contributed by atoms with van der Waals surface area (Å²) in [5.41, 5.74) is 3.55. The van der Waals surface area contributed by atoms with Gasteiger partial charge in [0, 0.05) is 17.3 Å². The van der Waals surface area contributed by atoms with E-state index in [9.17, 15) is 9.90 Å². The van der Waals surface area contributed by atoms with Gasteiger partial charge in [0.15, 0.2) is 5.65 Å². The van der Waals surface area contributed by atoms with E-state index in [-0.39, 0.29) is 5.56 Å². The molecule has 0 fully saturated rings. The van der Waals surface area contributed by atoms with Crippen LogP contribution < -0.4 is 0 Å². The van der Waals surface area contributed by atoms with Crippen molar-refractivity contribution in [2.24, 2.45) is 0 Å². The predicted octanol–water partition coefficient (Wildman–Crippen LogP) is 2.80. The molecule has 4 heteroatoms. The highest BCUT2D eigenvalue weighted by atomic mass is 16.4. The first kappa shape index (κ1) is 10.8. The van der Waals surface area contributed by atoms with E-state index in [4.69, 9.17) is 0 Å². The number of nitrogens with zero attached hydrogens (tertiary/aromatic N) is 2. The summed E-state index contributed by atoms with van der Waals surface area (Å²) < 4.78 is 1.85. The van der Waals surface area contributed by atoms with E-state index in [2.05, 4.69) is 4.98 Å². The van der Waals surface area contributed by atoms with Crippen molar-refractivity contribution in [3.8, 4) is 0 Å². The number of fused-ring (bicyclic) bond motifs is 3. The SMILES string of the molecule is Cc1cn2c(nc1C)c(C(=O)O)c1ccccc12. The van der Waals surface area contributed by atoms with Crippen LogP contribution in [-0.4, -0.2) is 20.5 Å². The number of carboxylic acids is 1. The van der Waals surface area contributed by atoms with Crippen molar-refractivity contribution in [3.63, 3.8) is 0 Å². The van der Waals surface area contributed by atoms with Gasteiger partial charge in [-0.2, -0.15) is 0 Å². The molecule has 1 aromatic carbocycles. The summed E-state index contributed by atoms with van der Waals surface area (Å²) in [4.78, 5) is 15.8. The maximum Gasteiger partial charge on any atom is 0.340 e. The van der Waals surface area contributed by atoms with Gasteiger partial charge in [0.05, 0.1) is 5.52 Å². The van der Waals surface area contributed by atoms with E-state index in [1.165, 1.54) is 0 Å². The molecule has 0 radical (unpaired) electrons. The van der Waals surface area contributed by atoms with E-state index >= 15 is 0 Å². The standard InChI is InChI=1S/C14H12N2O2/c1-8-7-16-11-6-4-3-5-10(11)12(14(17)18)13(16)15-9(8)2/h3-7H,1-2H3,(H,17,18). The third-order valence-electron chi connectivity index (χ3n) is 3.27. The third kappa shape index (κ3) is 1.32. The Bertz CT molecular complexity index is 787. The van der Waals surface area contributed by atoms with Crippen molar-refractivity contribution >= 4 is 22.5 Å².